The van der Waals surface area contributed by atoms with Gasteiger partial charge in [0.2, 0.25) is 0 Å². The molecular formula is C23H26F6N6O5. The van der Waals surface area contributed by atoms with Gasteiger partial charge in [-0.1, -0.05) is 17.3 Å². The number of aryl methyl sites for hydroxylation is 1. The number of aromatic amines is 1. The number of halogens is 6. The average Bonchev–Trinajstić information content (AvgIpc) is 3.34. The molecule has 1 aliphatic heterocycles. The maximum Gasteiger partial charge on any atom is 0.490 e. The topological polar surface area (TPSA) is 167 Å². The van der Waals surface area contributed by atoms with Crippen LogP contribution in [-0.4, -0.2) is 72.5 Å². The lowest BCUT2D eigenvalue weighted by molar-refractivity contribution is -0.193. The van der Waals surface area contributed by atoms with Crippen LogP contribution in [0.25, 0.3) is 10.9 Å². The summed E-state index contributed by atoms with van der Waals surface area (Å²) in [5, 5.41) is 23.6. The van der Waals surface area contributed by atoms with Crippen LogP contribution in [0.3, 0.4) is 0 Å². The number of aliphatic carboxylic acids is 2. The molecule has 40 heavy (non-hydrogen) atoms. The Balaban J connectivity index is 0.000000333. The molecule has 0 amide bonds. The van der Waals surface area contributed by atoms with Crippen LogP contribution in [0.5, 0.6) is 0 Å². The van der Waals surface area contributed by atoms with Crippen molar-refractivity contribution in [2.75, 3.05) is 13.1 Å². The molecule has 1 fully saturated rings. The van der Waals surface area contributed by atoms with Gasteiger partial charge in [-0.3, -0.25) is 9.69 Å². The smallest absolute Gasteiger partial charge is 0.475 e. The van der Waals surface area contributed by atoms with Crippen LogP contribution in [0.1, 0.15) is 35.7 Å². The number of aromatic nitrogens is 4. The minimum Gasteiger partial charge on any atom is -0.475 e. The quantitative estimate of drug-likeness (QED) is 0.339. The molecule has 17 heteroatoms. The van der Waals surface area contributed by atoms with E-state index in [-0.39, 0.29) is 5.56 Å². The Bertz CT molecular complexity index is 1340. The zero-order chi connectivity index (χ0) is 30.3. The average molecular weight is 580 g/mol. The Morgan fingerprint density at radius 2 is 1.60 bits per heavy atom. The SMILES string of the molecule is Cc1ccc2cc(CN3CCC(n4cc(CN)nn4)CC3)c(=O)[nH]c2c1.O=C(O)C(F)(F)F.O=C(O)C(F)(F)F. The van der Waals surface area contributed by atoms with Crippen molar-refractivity contribution in [3.63, 3.8) is 0 Å². The molecule has 0 spiro atoms. The number of nitrogens with zero attached hydrogens (tertiary/aromatic N) is 4. The van der Waals surface area contributed by atoms with Crippen molar-refractivity contribution in [2.45, 2.75) is 51.2 Å². The largest absolute Gasteiger partial charge is 0.490 e. The molecule has 2 aromatic heterocycles. The molecule has 0 atom stereocenters. The first-order chi connectivity index (χ1) is 18.5. The van der Waals surface area contributed by atoms with Gasteiger partial charge in [-0.05, 0) is 42.8 Å². The number of alkyl halides is 6. The summed E-state index contributed by atoms with van der Waals surface area (Å²) in [5.41, 5.74) is 9.31. The molecule has 0 unspecified atom stereocenters. The highest BCUT2D eigenvalue weighted by molar-refractivity contribution is 5.79. The van der Waals surface area contributed by atoms with E-state index in [9.17, 15) is 31.1 Å². The highest BCUT2D eigenvalue weighted by Gasteiger charge is 2.38. The third kappa shape index (κ3) is 9.64. The molecule has 1 aliphatic rings. The summed E-state index contributed by atoms with van der Waals surface area (Å²) in [6.07, 6.45) is -6.23. The second-order valence-corrected chi connectivity index (χ2v) is 8.72. The fourth-order valence-electron chi connectivity index (χ4n) is 3.65. The van der Waals surface area contributed by atoms with E-state index in [2.05, 4.69) is 32.3 Å². The van der Waals surface area contributed by atoms with Crippen LogP contribution < -0.4 is 11.3 Å². The molecule has 0 aliphatic carbocycles. The Morgan fingerprint density at radius 3 is 2.08 bits per heavy atom. The molecule has 5 N–H and O–H groups in total. The van der Waals surface area contributed by atoms with Crippen LogP contribution in [-0.2, 0) is 22.7 Å². The first-order valence-electron chi connectivity index (χ1n) is 11.6. The van der Waals surface area contributed by atoms with Gasteiger partial charge in [-0.15, -0.1) is 5.10 Å². The maximum atomic E-state index is 12.4. The van der Waals surface area contributed by atoms with Gasteiger partial charge >= 0.3 is 24.3 Å². The van der Waals surface area contributed by atoms with Crippen molar-refractivity contribution >= 4 is 22.8 Å². The minimum atomic E-state index is -5.08. The van der Waals surface area contributed by atoms with Gasteiger partial charge in [0.15, 0.2) is 0 Å². The number of fused-ring (bicyclic) bond motifs is 1. The summed E-state index contributed by atoms with van der Waals surface area (Å²) < 4.78 is 65.4. The van der Waals surface area contributed by atoms with Crippen molar-refractivity contribution in [1.82, 2.24) is 24.9 Å². The number of nitrogens with two attached hydrogens (primary N) is 1. The van der Waals surface area contributed by atoms with Crippen LogP contribution in [0.4, 0.5) is 26.3 Å². The van der Waals surface area contributed by atoms with Crippen molar-refractivity contribution < 1.29 is 46.1 Å². The van der Waals surface area contributed by atoms with E-state index in [1.165, 1.54) is 0 Å². The van der Waals surface area contributed by atoms with E-state index in [4.69, 9.17) is 25.5 Å². The van der Waals surface area contributed by atoms with Gasteiger partial charge in [-0.25, -0.2) is 14.3 Å². The second kappa shape index (κ2) is 13.4. The number of carboxylic acids is 2. The van der Waals surface area contributed by atoms with Crippen LogP contribution in [0, 0.1) is 6.92 Å². The number of piperidine rings is 1. The summed E-state index contributed by atoms with van der Waals surface area (Å²) in [6.45, 7) is 5.00. The third-order valence-electron chi connectivity index (χ3n) is 5.66. The Labute approximate surface area is 222 Å². The standard InChI is InChI=1S/C19H24N6O.2C2HF3O2/c1-13-2-3-14-9-15(19(26)21-18(14)8-13)11-24-6-4-17(5-7-24)25-12-16(10-20)22-23-25;2*3-2(4,5)1(6)7/h2-3,8-9,12,17H,4-7,10-11,20H2,1H3,(H,21,26);2*(H,6,7). The van der Waals surface area contributed by atoms with Gasteiger partial charge in [0.1, 0.15) is 0 Å². The van der Waals surface area contributed by atoms with Crippen molar-refractivity contribution in [1.29, 1.82) is 0 Å². The number of H-pyrrole nitrogens is 1. The van der Waals surface area contributed by atoms with Gasteiger partial charge in [-0.2, -0.15) is 26.3 Å². The molecule has 0 saturated carbocycles. The normalized spacial score (nSPS) is 14.6. The number of likely N-dealkylation sites (tertiary alicyclic amines) is 1. The maximum absolute atomic E-state index is 12.4. The molecule has 0 radical (unpaired) electrons. The molecule has 1 saturated heterocycles. The van der Waals surface area contributed by atoms with E-state index in [0.717, 1.165) is 53.7 Å². The van der Waals surface area contributed by atoms with Crippen LogP contribution in [0.2, 0.25) is 0 Å². The number of pyridine rings is 1. The molecule has 11 nitrogen and oxygen atoms in total. The summed E-state index contributed by atoms with van der Waals surface area (Å²) in [7, 11) is 0. The lowest BCUT2D eigenvalue weighted by Crippen LogP contribution is -2.35. The number of nitrogens with one attached hydrogen (secondary N) is 1. The Hall–Kier alpha value is -3.99. The minimum absolute atomic E-state index is 0.00841. The number of rotatable bonds is 4. The van der Waals surface area contributed by atoms with E-state index in [1.54, 1.807) is 0 Å². The second-order valence-electron chi connectivity index (χ2n) is 8.72. The van der Waals surface area contributed by atoms with E-state index < -0.39 is 24.3 Å². The molecule has 3 heterocycles. The molecule has 3 aromatic rings. The fourth-order valence-corrected chi connectivity index (χ4v) is 3.65. The molecule has 220 valence electrons. The molecule has 4 rings (SSSR count). The first kappa shape index (κ1) is 32.2. The third-order valence-corrected chi connectivity index (χ3v) is 5.66. The van der Waals surface area contributed by atoms with Crippen molar-refractivity contribution in [3.8, 4) is 0 Å². The number of carboxylic acid groups (broad SMARTS) is 2. The molecule has 1 aromatic carbocycles. The number of benzene rings is 1. The van der Waals surface area contributed by atoms with Gasteiger partial charge < -0.3 is 20.9 Å². The summed E-state index contributed by atoms with van der Waals surface area (Å²) >= 11 is 0. The van der Waals surface area contributed by atoms with Gasteiger partial charge in [0, 0.05) is 37.3 Å². The van der Waals surface area contributed by atoms with Crippen molar-refractivity contribution in [3.05, 3.63) is 57.6 Å². The van der Waals surface area contributed by atoms with E-state index in [1.807, 2.05) is 29.9 Å². The Morgan fingerprint density at radius 1 is 1.05 bits per heavy atom. The molecule has 0 bridgehead atoms. The fraction of sp³-hybridized carbons (Fsp3) is 0.435. The van der Waals surface area contributed by atoms with E-state index in [0.29, 0.717) is 19.1 Å². The van der Waals surface area contributed by atoms with Gasteiger partial charge in [0.05, 0.1) is 17.9 Å². The summed E-state index contributed by atoms with van der Waals surface area (Å²) in [4.78, 5) is 35.6. The van der Waals surface area contributed by atoms with E-state index >= 15 is 0 Å². The molecular weight excluding hydrogens is 554 g/mol. The predicted molar refractivity (Wildman–Crippen MR) is 128 cm³/mol. The van der Waals surface area contributed by atoms with Gasteiger partial charge in [0.25, 0.3) is 5.56 Å². The number of hydrogen-bond donors (Lipinski definition) is 4. The number of hydrogen-bond acceptors (Lipinski definition) is 7. The number of carbonyl (C=O) groups is 2. The highest BCUT2D eigenvalue weighted by atomic mass is 19.4. The summed E-state index contributed by atoms with van der Waals surface area (Å²) in [5.74, 6) is -5.51. The Kier molecular flexibility index (Phi) is 10.8. The van der Waals surface area contributed by atoms with Crippen LogP contribution >= 0.6 is 0 Å². The lowest BCUT2D eigenvalue weighted by Gasteiger charge is -2.31. The van der Waals surface area contributed by atoms with Crippen molar-refractivity contribution in [2.24, 2.45) is 5.73 Å². The zero-order valence-corrected chi connectivity index (χ0v) is 21.0. The zero-order valence-electron chi connectivity index (χ0n) is 21.0. The first-order valence-corrected chi connectivity index (χ1v) is 11.6. The predicted octanol–water partition coefficient (Wildman–Crippen LogP) is 2.99. The summed E-state index contributed by atoms with van der Waals surface area (Å²) in [6, 6.07) is 8.53. The lowest BCUT2D eigenvalue weighted by atomic mass is 10.0. The van der Waals surface area contributed by atoms with Crippen LogP contribution in [0.15, 0.2) is 35.3 Å². The highest BCUT2D eigenvalue weighted by Crippen LogP contribution is 2.23. The monoisotopic (exact) mass is 580 g/mol.